The van der Waals surface area contributed by atoms with Gasteiger partial charge in [0.1, 0.15) is 12.7 Å². The second-order valence-corrected chi connectivity index (χ2v) is 3.05. The molecule has 3 heteroatoms. The molecule has 0 bridgehead atoms. The summed E-state index contributed by atoms with van der Waals surface area (Å²) in [6.45, 7) is 0.598. The average molecular weight is 182 g/mol. The minimum absolute atomic E-state index is 0.0863. The zero-order valence-corrected chi connectivity index (χ0v) is 7.46. The van der Waals surface area contributed by atoms with Gasteiger partial charge in [0.25, 0.3) is 0 Å². The van der Waals surface area contributed by atoms with E-state index in [4.69, 9.17) is 9.47 Å². The number of benzene rings is 1. The third kappa shape index (κ3) is 1.37. The maximum absolute atomic E-state index is 5.58. The van der Waals surface area contributed by atoms with Gasteiger partial charge in [-0.3, -0.25) is 0 Å². The Labute approximate surface area is 76.9 Å². The van der Waals surface area contributed by atoms with Crippen LogP contribution in [-0.4, -0.2) is 18.5 Å². The Bertz CT molecular complexity index is 275. The molecule has 0 fully saturated rings. The molecule has 0 saturated heterocycles. The summed E-state index contributed by atoms with van der Waals surface area (Å²) in [5.74, 6) is 2.34. The van der Waals surface area contributed by atoms with Gasteiger partial charge in [0.2, 0.25) is 0 Å². The highest BCUT2D eigenvalue weighted by molar-refractivity contribution is 7.80. The molecule has 12 heavy (non-hydrogen) atoms. The summed E-state index contributed by atoms with van der Waals surface area (Å²) in [5, 5.41) is 0. The fraction of sp³-hybridized carbons (Fsp3) is 0.333. The van der Waals surface area contributed by atoms with Crippen molar-refractivity contribution in [2.24, 2.45) is 0 Å². The van der Waals surface area contributed by atoms with Gasteiger partial charge in [-0.05, 0) is 12.1 Å². The van der Waals surface area contributed by atoms with Crippen molar-refractivity contribution in [3.8, 4) is 11.5 Å². The molecule has 0 amide bonds. The molecule has 0 N–H and O–H groups in total. The van der Waals surface area contributed by atoms with Gasteiger partial charge >= 0.3 is 0 Å². The molecule has 0 spiro atoms. The number of fused-ring (bicyclic) bond motifs is 1. The van der Waals surface area contributed by atoms with Gasteiger partial charge < -0.3 is 9.47 Å². The first-order valence-electron chi connectivity index (χ1n) is 3.89. The minimum Gasteiger partial charge on any atom is -0.486 e. The van der Waals surface area contributed by atoms with Crippen LogP contribution in [0.4, 0.5) is 0 Å². The average Bonchev–Trinajstić information content (AvgIpc) is 2.17. The van der Waals surface area contributed by atoms with Gasteiger partial charge in [-0.1, -0.05) is 12.1 Å². The first-order valence-corrected chi connectivity index (χ1v) is 4.53. The van der Waals surface area contributed by atoms with E-state index in [1.54, 1.807) is 0 Å². The van der Waals surface area contributed by atoms with Gasteiger partial charge in [0.15, 0.2) is 11.5 Å². The third-order valence-corrected chi connectivity index (χ3v) is 2.18. The SMILES string of the molecule is SCC1COc2ccccc2O1. The van der Waals surface area contributed by atoms with E-state index in [0.717, 1.165) is 11.5 Å². The van der Waals surface area contributed by atoms with Crippen molar-refractivity contribution in [1.29, 1.82) is 0 Å². The minimum atomic E-state index is 0.0863. The zero-order chi connectivity index (χ0) is 8.39. The molecule has 1 atom stereocenters. The molecule has 1 aromatic carbocycles. The van der Waals surface area contributed by atoms with Crippen molar-refractivity contribution in [3.63, 3.8) is 0 Å². The van der Waals surface area contributed by atoms with Gasteiger partial charge in [-0.15, -0.1) is 0 Å². The highest BCUT2D eigenvalue weighted by Crippen LogP contribution is 2.30. The maximum atomic E-state index is 5.58. The lowest BCUT2D eigenvalue weighted by atomic mass is 10.3. The van der Waals surface area contributed by atoms with Crippen LogP contribution in [0.5, 0.6) is 11.5 Å². The summed E-state index contributed by atoms with van der Waals surface area (Å²) in [4.78, 5) is 0. The third-order valence-electron chi connectivity index (χ3n) is 1.77. The number of hydrogen-bond donors (Lipinski definition) is 1. The van der Waals surface area contributed by atoms with Crippen LogP contribution >= 0.6 is 12.6 Å². The Kier molecular flexibility index (Phi) is 2.13. The van der Waals surface area contributed by atoms with Gasteiger partial charge in [-0.25, -0.2) is 0 Å². The van der Waals surface area contributed by atoms with Crippen molar-refractivity contribution in [1.82, 2.24) is 0 Å². The van der Waals surface area contributed by atoms with E-state index in [2.05, 4.69) is 12.6 Å². The second-order valence-electron chi connectivity index (χ2n) is 2.68. The number of ether oxygens (including phenoxy) is 2. The molecule has 64 valence electrons. The molecule has 0 radical (unpaired) electrons. The Morgan fingerprint density at radius 2 is 2.08 bits per heavy atom. The smallest absolute Gasteiger partial charge is 0.161 e. The van der Waals surface area contributed by atoms with E-state index >= 15 is 0 Å². The molecular weight excluding hydrogens is 172 g/mol. The molecule has 1 aliphatic heterocycles. The van der Waals surface area contributed by atoms with Crippen molar-refractivity contribution in [2.45, 2.75) is 6.10 Å². The molecule has 0 saturated carbocycles. The maximum Gasteiger partial charge on any atom is 0.161 e. The molecule has 1 unspecified atom stereocenters. The normalized spacial score (nSPS) is 20.6. The van der Waals surface area contributed by atoms with Crippen LogP contribution in [0.2, 0.25) is 0 Å². The Hall–Kier alpha value is -0.830. The molecule has 1 heterocycles. The molecule has 1 aliphatic rings. The fourth-order valence-corrected chi connectivity index (χ4v) is 1.33. The van der Waals surface area contributed by atoms with Crippen molar-refractivity contribution in [3.05, 3.63) is 24.3 Å². The Morgan fingerprint density at radius 3 is 2.83 bits per heavy atom. The van der Waals surface area contributed by atoms with Crippen molar-refractivity contribution in [2.75, 3.05) is 12.4 Å². The zero-order valence-electron chi connectivity index (χ0n) is 6.56. The van der Waals surface area contributed by atoms with Gasteiger partial charge in [-0.2, -0.15) is 12.6 Å². The first kappa shape index (κ1) is 7.80. The van der Waals surface area contributed by atoms with Crippen molar-refractivity contribution < 1.29 is 9.47 Å². The number of hydrogen-bond acceptors (Lipinski definition) is 3. The van der Waals surface area contributed by atoms with E-state index in [1.807, 2.05) is 24.3 Å². The number of para-hydroxylation sites is 2. The highest BCUT2D eigenvalue weighted by Gasteiger charge is 2.18. The molecule has 0 aromatic heterocycles. The predicted molar refractivity (Wildman–Crippen MR) is 50.2 cm³/mol. The van der Waals surface area contributed by atoms with E-state index < -0.39 is 0 Å². The number of thiol groups is 1. The molecule has 1 aromatic rings. The lowest BCUT2D eigenvalue weighted by Gasteiger charge is -2.24. The standard InChI is InChI=1S/C9H10O2S/c12-6-7-5-10-8-3-1-2-4-9(8)11-7/h1-4,7,12H,5-6H2. The van der Waals surface area contributed by atoms with Crippen LogP contribution in [0.15, 0.2) is 24.3 Å². The predicted octanol–water partition coefficient (Wildman–Crippen LogP) is 1.76. The summed E-state index contributed by atoms with van der Waals surface area (Å²) in [7, 11) is 0. The molecule has 2 nitrogen and oxygen atoms in total. The van der Waals surface area contributed by atoms with E-state index in [1.165, 1.54) is 0 Å². The summed E-state index contributed by atoms with van der Waals surface area (Å²) in [6, 6.07) is 7.68. The summed E-state index contributed by atoms with van der Waals surface area (Å²) >= 11 is 4.15. The van der Waals surface area contributed by atoms with Crippen LogP contribution in [0.25, 0.3) is 0 Å². The lowest BCUT2D eigenvalue weighted by Crippen LogP contribution is -2.30. The van der Waals surface area contributed by atoms with Crippen LogP contribution in [0.3, 0.4) is 0 Å². The van der Waals surface area contributed by atoms with Gasteiger partial charge in [0, 0.05) is 5.75 Å². The van der Waals surface area contributed by atoms with Crippen molar-refractivity contribution >= 4 is 12.6 Å². The van der Waals surface area contributed by atoms with Crippen LogP contribution in [0, 0.1) is 0 Å². The Morgan fingerprint density at radius 1 is 1.33 bits per heavy atom. The summed E-state index contributed by atoms with van der Waals surface area (Å²) < 4.78 is 11.0. The van der Waals surface area contributed by atoms with E-state index in [-0.39, 0.29) is 6.10 Å². The second kappa shape index (κ2) is 3.27. The van der Waals surface area contributed by atoms with Crippen LogP contribution in [0.1, 0.15) is 0 Å². The van der Waals surface area contributed by atoms with E-state index in [9.17, 15) is 0 Å². The highest BCUT2D eigenvalue weighted by atomic mass is 32.1. The molecule has 0 aliphatic carbocycles. The summed E-state index contributed by atoms with van der Waals surface area (Å²) in [6.07, 6.45) is 0.0863. The molecule has 2 rings (SSSR count). The van der Waals surface area contributed by atoms with Crippen LogP contribution < -0.4 is 9.47 Å². The largest absolute Gasteiger partial charge is 0.486 e. The van der Waals surface area contributed by atoms with E-state index in [0.29, 0.717) is 12.4 Å². The molecular formula is C9H10O2S. The topological polar surface area (TPSA) is 18.5 Å². The summed E-state index contributed by atoms with van der Waals surface area (Å²) in [5.41, 5.74) is 0. The quantitative estimate of drug-likeness (QED) is 0.667. The van der Waals surface area contributed by atoms with Gasteiger partial charge in [0.05, 0.1) is 0 Å². The monoisotopic (exact) mass is 182 g/mol. The Balaban J connectivity index is 2.23. The lowest BCUT2D eigenvalue weighted by molar-refractivity contribution is 0.107. The number of rotatable bonds is 1. The first-order chi connectivity index (χ1) is 5.90. The van der Waals surface area contributed by atoms with Crippen LogP contribution in [-0.2, 0) is 0 Å². The fourth-order valence-electron chi connectivity index (χ4n) is 1.15.